The van der Waals surface area contributed by atoms with Crippen molar-refractivity contribution in [3.05, 3.63) is 17.8 Å². The summed E-state index contributed by atoms with van der Waals surface area (Å²) in [6, 6.07) is 3.84. The van der Waals surface area contributed by atoms with Crippen LogP contribution in [0.2, 0.25) is 0 Å². The van der Waals surface area contributed by atoms with Gasteiger partial charge in [-0.25, -0.2) is 0 Å². The van der Waals surface area contributed by atoms with Crippen molar-refractivity contribution in [2.24, 2.45) is 0 Å². The summed E-state index contributed by atoms with van der Waals surface area (Å²) >= 11 is 0. The zero-order valence-corrected chi connectivity index (χ0v) is 12.9. The van der Waals surface area contributed by atoms with Crippen molar-refractivity contribution in [2.45, 2.75) is 39.2 Å². The summed E-state index contributed by atoms with van der Waals surface area (Å²) in [5, 5.41) is 13.9. The maximum Gasteiger partial charge on any atom is 0.271 e. The molecule has 1 aliphatic rings. The highest BCUT2D eigenvalue weighted by atomic mass is 16.1. The van der Waals surface area contributed by atoms with Gasteiger partial charge in [0, 0.05) is 19.1 Å². The Balaban J connectivity index is 1.80. The summed E-state index contributed by atoms with van der Waals surface area (Å²) in [6.07, 6.45) is 3.84. The van der Waals surface area contributed by atoms with Gasteiger partial charge in [-0.3, -0.25) is 9.69 Å². The molecule has 0 aromatic carbocycles. The molecule has 2 rings (SSSR count). The Morgan fingerprint density at radius 3 is 2.67 bits per heavy atom. The van der Waals surface area contributed by atoms with Crippen LogP contribution >= 0.6 is 0 Å². The average Bonchev–Trinajstić information content (AvgIpc) is 2.54. The van der Waals surface area contributed by atoms with Crippen molar-refractivity contribution in [3.8, 4) is 0 Å². The zero-order chi connectivity index (χ0) is 15.1. The number of hydrogen-bond acceptors (Lipinski definition) is 5. The van der Waals surface area contributed by atoms with E-state index in [1.165, 1.54) is 19.3 Å². The molecule has 0 saturated carbocycles. The van der Waals surface area contributed by atoms with Gasteiger partial charge in [0.05, 0.1) is 0 Å². The maximum absolute atomic E-state index is 12.0. The third kappa shape index (κ3) is 4.67. The second-order valence-corrected chi connectivity index (χ2v) is 5.49. The fourth-order valence-electron chi connectivity index (χ4n) is 2.55. The largest absolute Gasteiger partial charge is 0.369 e. The molecule has 1 aromatic rings. The molecule has 116 valence electrons. The molecule has 6 heteroatoms. The van der Waals surface area contributed by atoms with Crippen molar-refractivity contribution >= 4 is 11.7 Å². The highest BCUT2D eigenvalue weighted by molar-refractivity contribution is 5.92. The molecule has 1 atom stereocenters. The quantitative estimate of drug-likeness (QED) is 0.831. The van der Waals surface area contributed by atoms with Crippen LogP contribution in [0.4, 0.5) is 5.82 Å². The number of piperidine rings is 1. The van der Waals surface area contributed by atoms with Crippen molar-refractivity contribution in [3.63, 3.8) is 0 Å². The number of nitrogens with one attached hydrogen (secondary N) is 2. The predicted molar refractivity (Wildman–Crippen MR) is 83.4 cm³/mol. The predicted octanol–water partition coefficient (Wildman–Crippen LogP) is 1.51. The van der Waals surface area contributed by atoms with E-state index in [9.17, 15) is 4.79 Å². The number of carbonyl (C=O) groups excluding carboxylic acids is 1. The number of hydrogen-bond donors (Lipinski definition) is 2. The molecule has 2 heterocycles. The number of aromatic nitrogens is 2. The summed E-state index contributed by atoms with van der Waals surface area (Å²) in [6.45, 7) is 7.85. The van der Waals surface area contributed by atoms with Gasteiger partial charge in [0.1, 0.15) is 5.82 Å². The van der Waals surface area contributed by atoms with Crippen LogP contribution in [0.25, 0.3) is 0 Å². The van der Waals surface area contributed by atoms with Gasteiger partial charge < -0.3 is 10.6 Å². The lowest BCUT2D eigenvalue weighted by Gasteiger charge is -2.32. The minimum Gasteiger partial charge on any atom is -0.369 e. The molecule has 0 spiro atoms. The van der Waals surface area contributed by atoms with Crippen LogP contribution in [0.1, 0.15) is 43.6 Å². The van der Waals surface area contributed by atoms with Crippen LogP contribution in [-0.2, 0) is 0 Å². The molecule has 0 radical (unpaired) electrons. The molecule has 1 saturated heterocycles. The summed E-state index contributed by atoms with van der Waals surface area (Å²) in [4.78, 5) is 14.5. The molecule has 1 unspecified atom stereocenters. The molecular weight excluding hydrogens is 266 g/mol. The number of nitrogens with zero attached hydrogens (tertiary/aromatic N) is 3. The van der Waals surface area contributed by atoms with Gasteiger partial charge in [-0.1, -0.05) is 6.42 Å². The monoisotopic (exact) mass is 291 g/mol. The van der Waals surface area contributed by atoms with E-state index in [1.807, 2.05) is 6.92 Å². The van der Waals surface area contributed by atoms with Crippen LogP contribution in [0, 0.1) is 0 Å². The van der Waals surface area contributed by atoms with Crippen LogP contribution in [0.5, 0.6) is 0 Å². The van der Waals surface area contributed by atoms with E-state index in [4.69, 9.17) is 0 Å². The van der Waals surface area contributed by atoms with Gasteiger partial charge >= 0.3 is 0 Å². The Hall–Kier alpha value is -1.69. The zero-order valence-electron chi connectivity index (χ0n) is 12.9. The first-order valence-corrected chi connectivity index (χ1v) is 7.80. The Morgan fingerprint density at radius 1 is 1.29 bits per heavy atom. The molecule has 1 aliphatic heterocycles. The molecule has 1 fully saturated rings. The van der Waals surface area contributed by atoms with Gasteiger partial charge in [-0.15, -0.1) is 10.2 Å². The molecule has 2 N–H and O–H groups in total. The molecular formula is C15H25N5O. The Labute approximate surface area is 126 Å². The molecule has 1 amide bonds. The first-order chi connectivity index (χ1) is 10.2. The van der Waals surface area contributed by atoms with Crippen LogP contribution in [-0.4, -0.2) is 53.2 Å². The number of likely N-dealkylation sites (tertiary alicyclic amines) is 1. The number of rotatable bonds is 6. The van der Waals surface area contributed by atoms with Crippen molar-refractivity contribution in [1.82, 2.24) is 20.4 Å². The first kappa shape index (κ1) is 15.7. The second-order valence-electron chi connectivity index (χ2n) is 5.49. The van der Waals surface area contributed by atoms with E-state index in [0.717, 1.165) is 19.6 Å². The van der Waals surface area contributed by atoms with Crippen molar-refractivity contribution in [1.29, 1.82) is 0 Å². The van der Waals surface area contributed by atoms with Crippen LogP contribution in [0.3, 0.4) is 0 Å². The lowest BCUT2D eigenvalue weighted by molar-refractivity contribution is 0.0924. The van der Waals surface area contributed by atoms with E-state index in [2.05, 4.69) is 32.7 Å². The number of carbonyl (C=O) groups is 1. The van der Waals surface area contributed by atoms with E-state index in [0.29, 0.717) is 24.1 Å². The van der Waals surface area contributed by atoms with E-state index in [-0.39, 0.29) is 5.91 Å². The average molecular weight is 291 g/mol. The topological polar surface area (TPSA) is 70.2 Å². The second kappa shape index (κ2) is 7.93. The fourth-order valence-corrected chi connectivity index (χ4v) is 2.55. The summed E-state index contributed by atoms with van der Waals surface area (Å²) in [7, 11) is 0. The number of anilines is 1. The third-order valence-corrected chi connectivity index (χ3v) is 3.83. The van der Waals surface area contributed by atoms with Crippen molar-refractivity contribution in [2.75, 3.05) is 31.5 Å². The molecule has 1 aromatic heterocycles. The molecule has 6 nitrogen and oxygen atoms in total. The highest BCUT2D eigenvalue weighted by Crippen LogP contribution is 2.11. The van der Waals surface area contributed by atoms with Gasteiger partial charge in [0.25, 0.3) is 5.91 Å². The minimum atomic E-state index is -0.158. The van der Waals surface area contributed by atoms with Gasteiger partial charge in [-0.2, -0.15) is 0 Å². The van der Waals surface area contributed by atoms with Gasteiger partial charge in [0.2, 0.25) is 0 Å². The number of amides is 1. The SMILES string of the molecule is CCNc1ccc(C(=O)NCC(C)N2CCCCC2)nn1. The normalized spacial score (nSPS) is 17.2. The lowest BCUT2D eigenvalue weighted by atomic mass is 10.1. The maximum atomic E-state index is 12.0. The van der Waals surface area contributed by atoms with E-state index >= 15 is 0 Å². The fraction of sp³-hybridized carbons (Fsp3) is 0.667. The highest BCUT2D eigenvalue weighted by Gasteiger charge is 2.17. The Morgan fingerprint density at radius 2 is 2.05 bits per heavy atom. The molecule has 0 bridgehead atoms. The van der Waals surface area contributed by atoms with Crippen LogP contribution < -0.4 is 10.6 Å². The standard InChI is InChI=1S/C15H25N5O/c1-3-16-14-8-7-13(18-19-14)15(21)17-11-12(2)20-9-5-4-6-10-20/h7-8,12H,3-6,9-11H2,1-2H3,(H,16,19)(H,17,21). The third-order valence-electron chi connectivity index (χ3n) is 3.83. The lowest BCUT2D eigenvalue weighted by Crippen LogP contribution is -2.44. The van der Waals surface area contributed by atoms with Gasteiger partial charge in [-0.05, 0) is 51.9 Å². The van der Waals surface area contributed by atoms with Crippen LogP contribution in [0.15, 0.2) is 12.1 Å². The molecule has 0 aliphatic carbocycles. The van der Waals surface area contributed by atoms with Crippen molar-refractivity contribution < 1.29 is 4.79 Å². The first-order valence-electron chi connectivity index (χ1n) is 7.80. The summed E-state index contributed by atoms with van der Waals surface area (Å²) < 4.78 is 0. The van der Waals surface area contributed by atoms with E-state index < -0.39 is 0 Å². The Bertz CT molecular complexity index is 442. The smallest absolute Gasteiger partial charge is 0.271 e. The minimum absolute atomic E-state index is 0.158. The Kier molecular flexibility index (Phi) is 5.92. The summed E-state index contributed by atoms with van der Waals surface area (Å²) in [5.41, 5.74) is 0.363. The summed E-state index contributed by atoms with van der Waals surface area (Å²) in [5.74, 6) is 0.533. The molecule has 21 heavy (non-hydrogen) atoms. The van der Waals surface area contributed by atoms with E-state index in [1.54, 1.807) is 12.1 Å². The van der Waals surface area contributed by atoms with Gasteiger partial charge in [0.15, 0.2) is 5.69 Å².